The molecule has 88 valence electrons. The lowest BCUT2D eigenvalue weighted by Gasteiger charge is -2.31. The first-order valence-electron chi connectivity index (χ1n) is 6.40. The van der Waals surface area contributed by atoms with Crippen molar-refractivity contribution in [2.45, 2.75) is 44.8 Å². The van der Waals surface area contributed by atoms with Crippen LogP contribution in [-0.2, 0) is 4.74 Å². The van der Waals surface area contributed by atoms with Gasteiger partial charge in [-0.2, -0.15) is 0 Å². The Morgan fingerprint density at radius 1 is 1.47 bits per heavy atom. The van der Waals surface area contributed by atoms with Crippen molar-refractivity contribution in [1.29, 1.82) is 0 Å². The van der Waals surface area contributed by atoms with Crippen molar-refractivity contribution in [3.8, 4) is 0 Å². The fourth-order valence-corrected chi connectivity index (χ4v) is 2.94. The Morgan fingerprint density at radius 3 is 2.87 bits per heavy atom. The van der Waals surface area contributed by atoms with Crippen molar-refractivity contribution in [2.75, 3.05) is 26.2 Å². The van der Waals surface area contributed by atoms with Gasteiger partial charge in [0.1, 0.15) is 0 Å². The Hall–Kier alpha value is -0.120. The van der Waals surface area contributed by atoms with Gasteiger partial charge in [0.2, 0.25) is 0 Å². The summed E-state index contributed by atoms with van der Waals surface area (Å²) in [6.45, 7) is 6.43. The van der Waals surface area contributed by atoms with E-state index in [9.17, 15) is 0 Å². The van der Waals surface area contributed by atoms with Crippen LogP contribution < -0.4 is 5.73 Å². The van der Waals surface area contributed by atoms with Crippen LogP contribution in [0.3, 0.4) is 0 Å². The monoisotopic (exact) mass is 212 g/mol. The fraction of sp³-hybridized carbons (Fsp3) is 1.00. The van der Waals surface area contributed by atoms with Crippen LogP contribution in [0.15, 0.2) is 0 Å². The van der Waals surface area contributed by atoms with Crippen molar-refractivity contribution in [3.05, 3.63) is 0 Å². The van der Waals surface area contributed by atoms with Crippen LogP contribution in [-0.4, -0.2) is 43.3 Å². The summed E-state index contributed by atoms with van der Waals surface area (Å²) in [7, 11) is 0. The van der Waals surface area contributed by atoms with E-state index in [0.29, 0.717) is 12.1 Å². The average molecular weight is 212 g/mol. The maximum absolute atomic E-state index is 5.90. The minimum atomic E-state index is 0.408. The van der Waals surface area contributed by atoms with Gasteiger partial charge in [-0.05, 0) is 31.7 Å². The number of nitrogens with zero attached hydrogens (tertiary/aromatic N) is 1. The molecule has 2 aliphatic rings. The fourth-order valence-electron chi connectivity index (χ4n) is 2.94. The number of rotatable bonds is 4. The van der Waals surface area contributed by atoms with E-state index in [0.717, 1.165) is 19.1 Å². The molecular weight excluding hydrogens is 188 g/mol. The zero-order chi connectivity index (χ0) is 10.7. The van der Waals surface area contributed by atoms with E-state index < -0.39 is 0 Å². The molecule has 0 aliphatic carbocycles. The molecule has 0 aromatic carbocycles. The predicted molar refractivity (Wildman–Crippen MR) is 61.8 cm³/mol. The highest BCUT2D eigenvalue weighted by molar-refractivity contribution is 4.88. The van der Waals surface area contributed by atoms with Crippen molar-refractivity contribution in [3.63, 3.8) is 0 Å². The molecule has 15 heavy (non-hydrogen) atoms. The lowest BCUT2D eigenvalue weighted by molar-refractivity contribution is 0.0351. The van der Waals surface area contributed by atoms with Crippen LogP contribution in [0.4, 0.5) is 0 Å². The van der Waals surface area contributed by atoms with Crippen molar-refractivity contribution < 1.29 is 4.74 Å². The van der Waals surface area contributed by atoms with Crippen molar-refractivity contribution in [1.82, 2.24) is 4.90 Å². The maximum atomic E-state index is 5.90. The summed E-state index contributed by atoms with van der Waals surface area (Å²) in [6.07, 6.45) is 5.48. The second kappa shape index (κ2) is 5.28. The van der Waals surface area contributed by atoms with Gasteiger partial charge in [0.05, 0.1) is 6.10 Å². The van der Waals surface area contributed by atoms with Gasteiger partial charge in [-0.3, -0.25) is 4.90 Å². The van der Waals surface area contributed by atoms with Gasteiger partial charge in [-0.15, -0.1) is 0 Å². The number of hydrogen-bond donors (Lipinski definition) is 1. The molecule has 0 bridgehead atoms. The molecule has 2 N–H and O–H groups in total. The predicted octanol–water partition coefficient (Wildman–Crippen LogP) is 1.22. The molecule has 3 unspecified atom stereocenters. The van der Waals surface area contributed by atoms with Gasteiger partial charge in [0.15, 0.2) is 0 Å². The number of ether oxygens (including phenoxy) is 1. The molecule has 0 aromatic heterocycles. The Labute approximate surface area is 93.0 Å². The van der Waals surface area contributed by atoms with Crippen LogP contribution in [0, 0.1) is 5.92 Å². The smallest absolute Gasteiger partial charge is 0.0743 e. The molecule has 3 atom stereocenters. The van der Waals surface area contributed by atoms with Gasteiger partial charge in [0.25, 0.3) is 0 Å². The Morgan fingerprint density at radius 2 is 2.33 bits per heavy atom. The van der Waals surface area contributed by atoms with Gasteiger partial charge in [0, 0.05) is 25.7 Å². The number of nitrogens with two attached hydrogens (primary N) is 1. The first-order valence-corrected chi connectivity index (χ1v) is 6.40. The zero-order valence-corrected chi connectivity index (χ0v) is 9.82. The lowest BCUT2D eigenvalue weighted by Crippen LogP contribution is -2.47. The van der Waals surface area contributed by atoms with E-state index >= 15 is 0 Å². The topological polar surface area (TPSA) is 38.5 Å². The van der Waals surface area contributed by atoms with Gasteiger partial charge in [-0.25, -0.2) is 0 Å². The number of hydrogen-bond acceptors (Lipinski definition) is 3. The summed E-state index contributed by atoms with van der Waals surface area (Å²) in [5.41, 5.74) is 5.90. The second-order valence-electron chi connectivity index (χ2n) is 4.91. The molecule has 0 saturated carbocycles. The molecule has 3 nitrogen and oxygen atoms in total. The molecule has 2 fully saturated rings. The lowest BCUT2D eigenvalue weighted by atomic mass is 10.1. The molecule has 0 aromatic rings. The highest BCUT2D eigenvalue weighted by Gasteiger charge is 2.33. The third-order valence-electron chi connectivity index (χ3n) is 4.00. The summed E-state index contributed by atoms with van der Waals surface area (Å²) >= 11 is 0. The summed E-state index contributed by atoms with van der Waals surface area (Å²) in [5, 5.41) is 0. The van der Waals surface area contributed by atoms with Crippen LogP contribution >= 0.6 is 0 Å². The molecule has 2 aliphatic heterocycles. The summed E-state index contributed by atoms with van der Waals surface area (Å²) < 4.78 is 5.77. The van der Waals surface area contributed by atoms with E-state index in [1.165, 1.54) is 38.8 Å². The van der Waals surface area contributed by atoms with E-state index in [4.69, 9.17) is 10.5 Å². The highest BCUT2D eigenvalue weighted by Crippen LogP contribution is 2.26. The molecule has 0 radical (unpaired) electrons. The molecule has 2 heterocycles. The van der Waals surface area contributed by atoms with E-state index in [-0.39, 0.29) is 0 Å². The SMILES string of the molecule is CCC1CCN(C(CN)C2CCCO2)C1. The van der Waals surface area contributed by atoms with Crippen LogP contribution in [0.2, 0.25) is 0 Å². The van der Waals surface area contributed by atoms with E-state index in [1.807, 2.05) is 0 Å². The van der Waals surface area contributed by atoms with Crippen molar-refractivity contribution >= 4 is 0 Å². The quantitative estimate of drug-likeness (QED) is 0.761. The first kappa shape index (κ1) is 11.4. The van der Waals surface area contributed by atoms with E-state index in [2.05, 4.69) is 11.8 Å². The molecular formula is C12H24N2O. The van der Waals surface area contributed by atoms with Gasteiger partial charge in [-0.1, -0.05) is 13.3 Å². The Bertz CT molecular complexity index is 192. The largest absolute Gasteiger partial charge is 0.377 e. The van der Waals surface area contributed by atoms with Crippen molar-refractivity contribution in [2.24, 2.45) is 11.7 Å². The summed E-state index contributed by atoms with van der Waals surface area (Å²) in [4.78, 5) is 2.56. The summed E-state index contributed by atoms with van der Waals surface area (Å²) in [5.74, 6) is 0.889. The standard InChI is InChI=1S/C12H24N2O/c1-2-10-5-6-14(9-10)11(8-13)12-4-3-7-15-12/h10-12H,2-9,13H2,1H3. The van der Waals surface area contributed by atoms with Crippen LogP contribution in [0.25, 0.3) is 0 Å². The van der Waals surface area contributed by atoms with Crippen LogP contribution in [0.5, 0.6) is 0 Å². The molecule has 0 spiro atoms. The van der Waals surface area contributed by atoms with E-state index in [1.54, 1.807) is 0 Å². The molecule has 2 saturated heterocycles. The molecule has 2 rings (SSSR count). The first-order chi connectivity index (χ1) is 7.35. The zero-order valence-electron chi connectivity index (χ0n) is 9.82. The average Bonchev–Trinajstić information content (AvgIpc) is 2.89. The minimum Gasteiger partial charge on any atom is -0.377 e. The van der Waals surface area contributed by atoms with Crippen LogP contribution in [0.1, 0.15) is 32.6 Å². The van der Waals surface area contributed by atoms with Gasteiger partial charge < -0.3 is 10.5 Å². The highest BCUT2D eigenvalue weighted by atomic mass is 16.5. The summed E-state index contributed by atoms with van der Waals surface area (Å²) in [6, 6.07) is 0.476. The molecule has 0 amide bonds. The third kappa shape index (κ3) is 2.52. The molecule has 3 heteroatoms. The second-order valence-corrected chi connectivity index (χ2v) is 4.91. The third-order valence-corrected chi connectivity index (χ3v) is 4.00. The van der Waals surface area contributed by atoms with Gasteiger partial charge >= 0.3 is 0 Å². The minimum absolute atomic E-state index is 0.408. The number of likely N-dealkylation sites (tertiary alicyclic amines) is 1. The Balaban J connectivity index is 1.89. The normalized spacial score (nSPS) is 34.8. The Kier molecular flexibility index (Phi) is 4.00. The maximum Gasteiger partial charge on any atom is 0.0743 e.